The van der Waals surface area contributed by atoms with Gasteiger partial charge < -0.3 is 14.7 Å². The zero-order valence-electron chi connectivity index (χ0n) is 12.6. The van der Waals surface area contributed by atoms with Gasteiger partial charge in [-0.25, -0.2) is 8.42 Å². The maximum Gasteiger partial charge on any atom is 0.257 e. The molecule has 8 heteroatoms. The monoisotopic (exact) mass is 324 g/mol. The highest BCUT2D eigenvalue weighted by atomic mass is 32.2. The number of nitrogens with zero attached hydrogens (tertiary/aromatic N) is 4. The largest absolute Gasteiger partial charge is 0.336 e. The molecule has 0 aliphatic carbocycles. The molecule has 1 amide bonds. The number of hydrogen-bond donors (Lipinski definition) is 0. The number of carbonyl (C=O) groups is 1. The van der Waals surface area contributed by atoms with Crippen molar-refractivity contribution in [2.24, 2.45) is 4.40 Å². The summed E-state index contributed by atoms with van der Waals surface area (Å²) in [6.07, 6.45) is 5.19. The molecule has 3 rings (SSSR count). The van der Waals surface area contributed by atoms with Crippen LogP contribution in [0.1, 0.15) is 6.92 Å². The molecule has 0 aromatic carbocycles. The van der Waals surface area contributed by atoms with Crippen molar-refractivity contribution in [3.05, 3.63) is 23.9 Å². The fraction of sp³-hybridized carbons (Fsp3) is 0.571. The van der Waals surface area contributed by atoms with E-state index in [-0.39, 0.29) is 17.5 Å². The van der Waals surface area contributed by atoms with Crippen LogP contribution in [0.3, 0.4) is 0 Å². The van der Waals surface area contributed by atoms with Gasteiger partial charge in [-0.05, 0) is 18.7 Å². The van der Waals surface area contributed by atoms with E-state index in [2.05, 4.69) is 16.2 Å². The van der Waals surface area contributed by atoms with Crippen molar-refractivity contribution < 1.29 is 13.2 Å². The Morgan fingerprint density at radius 2 is 1.95 bits per heavy atom. The van der Waals surface area contributed by atoms with Crippen LogP contribution in [0.2, 0.25) is 0 Å². The molecule has 1 saturated heterocycles. The molecule has 0 bridgehead atoms. The summed E-state index contributed by atoms with van der Waals surface area (Å²) in [5.74, 6) is 0.106. The number of piperazine rings is 1. The van der Waals surface area contributed by atoms with Crippen LogP contribution in [0.25, 0.3) is 0 Å². The van der Waals surface area contributed by atoms with E-state index in [1.54, 1.807) is 28.2 Å². The van der Waals surface area contributed by atoms with Gasteiger partial charge >= 0.3 is 0 Å². The summed E-state index contributed by atoms with van der Waals surface area (Å²) in [6, 6.07) is 0. The molecule has 3 aliphatic heterocycles. The predicted octanol–water partition coefficient (Wildman–Crippen LogP) is -0.352. The number of amidine groups is 1. The third kappa shape index (κ3) is 2.93. The number of carbonyl (C=O) groups excluding carboxylic acids is 1. The average Bonchev–Trinajstić information content (AvgIpc) is 2.53. The molecule has 0 spiro atoms. The van der Waals surface area contributed by atoms with E-state index in [1.807, 2.05) is 0 Å². The molecule has 0 saturated carbocycles. The number of allylic oxidation sites excluding steroid dienone is 2. The smallest absolute Gasteiger partial charge is 0.257 e. The molecular formula is C14H20N4O3S. The van der Waals surface area contributed by atoms with Gasteiger partial charge in [-0.15, -0.1) is 4.40 Å². The number of rotatable bonds is 2. The number of amides is 1. The Bertz CT molecular complexity index is 658. The zero-order valence-corrected chi connectivity index (χ0v) is 13.4. The molecule has 0 N–H and O–H groups in total. The SMILES string of the molecule is CCN1CCN(C(=O)C2=CC=CN3CCS(=O)(=O)N=C23)CC1. The Balaban J connectivity index is 1.81. The molecule has 3 aliphatic rings. The quantitative estimate of drug-likeness (QED) is 0.694. The first-order valence-corrected chi connectivity index (χ1v) is 9.11. The van der Waals surface area contributed by atoms with Crippen molar-refractivity contribution in [1.29, 1.82) is 0 Å². The van der Waals surface area contributed by atoms with E-state index in [4.69, 9.17) is 0 Å². The van der Waals surface area contributed by atoms with Crippen LogP contribution >= 0.6 is 0 Å². The lowest BCUT2D eigenvalue weighted by Crippen LogP contribution is -2.51. The maximum atomic E-state index is 12.7. The van der Waals surface area contributed by atoms with Crippen LogP contribution in [-0.2, 0) is 14.8 Å². The third-order valence-electron chi connectivity index (χ3n) is 4.19. The van der Waals surface area contributed by atoms with E-state index in [0.717, 1.165) is 19.6 Å². The van der Waals surface area contributed by atoms with E-state index >= 15 is 0 Å². The molecule has 0 aromatic rings. The highest BCUT2D eigenvalue weighted by molar-refractivity contribution is 7.90. The van der Waals surface area contributed by atoms with Crippen LogP contribution < -0.4 is 0 Å². The topological polar surface area (TPSA) is 73.3 Å². The first kappa shape index (κ1) is 15.2. The summed E-state index contributed by atoms with van der Waals surface area (Å²) in [6.45, 7) is 6.44. The minimum absolute atomic E-state index is 0.0164. The number of fused-ring (bicyclic) bond motifs is 1. The standard InChI is InChI=1S/C14H20N4O3S/c1-2-16-6-8-18(9-7-16)14(19)12-4-3-5-17-10-11-22(20,21)15-13(12)17/h3-5H,2,6-11H2,1H3. The first-order valence-electron chi connectivity index (χ1n) is 7.50. The van der Waals surface area contributed by atoms with Gasteiger partial charge in [0, 0.05) is 38.9 Å². The lowest BCUT2D eigenvalue weighted by atomic mass is 10.1. The van der Waals surface area contributed by atoms with Crippen LogP contribution in [0.5, 0.6) is 0 Å². The lowest BCUT2D eigenvalue weighted by molar-refractivity contribution is -0.128. The molecule has 0 aromatic heterocycles. The van der Waals surface area contributed by atoms with E-state index in [1.165, 1.54) is 0 Å². The first-order chi connectivity index (χ1) is 10.5. The predicted molar refractivity (Wildman–Crippen MR) is 83.8 cm³/mol. The Hall–Kier alpha value is -1.67. The molecule has 7 nitrogen and oxygen atoms in total. The van der Waals surface area contributed by atoms with Gasteiger partial charge in [0.2, 0.25) is 0 Å². The molecule has 22 heavy (non-hydrogen) atoms. The summed E-state index contributed by atoms with van der Waals surface area (Å²) in [5.41, 5.74) is 0.371. The van der Waals surface area contributed by atoms with Gasteiger partial charge in [0.1, 0.15) is 0 Å². The van der Waals surface area contributed by atoms with Crippen molar-refractivity contribution in [3.8, 4) is 0 Å². The summed E-state index contributed by atoms with van der Waals surface area (Å²) in [7, 11) is -3.47. The average molecular weight is 324 g/mol. The van der Waals surface area contributed by atoms with Gasteiger partial charge in [-0.1, -0.05) is 6.92 Å². The van der Waals surface area contributed by atoms with E-state index < -0.39 is 10.0 Å². The molecular weight excluding hydrogens is 304 g/mol. The minimum atomic E-state index is -3.47. The summed E-state index contributed by atoms with van der Waals surface area (Å²) < 4.78 is 27.3. The minimum Gasteiger partial charge on any atom is -0.336 e. The fourth-order valence-corrected chi connectivity index (χ4v) is 3.81. The summed E-state index contributed by atoms with van der Waals surface area (Å²) in [4.78, 5) is 18.5. The van der Waals surface area contributed by atoms with Crippen molar-refractivity contribution in [2.75, 3.05) is 45.0 Å². The maximum absolute atomic E-state index is 12.7. The lowest BCUT2D eigenvalue weighted by Gasteiger charge is -2.36. The van der Waals surface area contributed by atoms with Gasteiger partial charge in [0.05, 0.1) is 11.3 Å². The fourth-order valence-electron chi connectivity index (χ4n) is 2.82. The highest BCUT2D eigenvalue weighted by Crippen LogP contribution is 2.20. The van der Waals surface area contributed by atoms with Gasteiger partial charge in [-0.2, -0.15) is 0 Å². The molecule has 1 fully saturated rings. The Kier molecular flexibility index (Phi) is 4.05. The number of likely N-dealkylation sites (N-methyl/N-ethyl adjacent to an activating group) is 1. The van der Waals surface area contributed by atoms with Crippen LogP contribution in [0.15, 0.2) is 28.3 Å². The van der Waals surface area contributed by atoms with E-state index in [9.17, 15) is 13.2 Å². The van der Waals surface area contributed by atoms with Crippen molar-refractivity contribution in [3.63, 3.8) is 0 Å². The van der Waals surface area contributed by atoms with E-state index in [0.29, 0.717) is 25.2 Å². The van der Waals surface area contributed by atoms with Crippen LogP contribution in [0.4, 0.5) is 0 Å². The molecule has 120 valence electrons. The van der Waals surface area contributed by atoms with Crippen LogP contribution in [-0.4, -0.2) is 79.9 Å². The van der Waals surface area contributed by atoms with Crippen molar-refractivity contribution in [2.45, 2.75) is 6.92 Å². The van der Waals surface area contributed by atoms with Crippen molar-refractivity contribution in [1.82, 2.24) is 14.7 Å². The second kappa shape index (κ2) is 5.85. The Labute approximate surface area is 130 Å². The number of hydrogen-bond acceptors (Lipinski definition) is 5. The number of sulfonamides is 1. The van der Waals surface area contributed by atoms with Crippen molar-refractivity contribution >= 4 is 21.8 Å². The second-order valence-corrected chi connectivity index (χ2v) is 7.30. The zero-order chi connectivity index (χ0) is 15.7. The molecule has 0 unspecified atom stereocenters. The van der Waals surface area contributed by atoms with Crippen LogP contribution in [0, 0.1) is 0 Å². The Morgan fingerprint density at radius 3 is 2.64 bits per heavy atom. The van der Waals surface area contributed by atoms with Gasteiger partial charge in [-0.3, -0.25) is 4.79 Å². The summed E-state index contributed by atoms with van der Waals surface area (Å²) in [5, 5.41) is 0. The normalized spacial score (nSPS) is 24.6. The molecule has 0 radical (unpaired) electrons. The Morgan fingerprint density at radius 1 is 1.23 bits per heavy atom. The molecule has 0 atom stereocenters. The van der Waals surface area contributed by atoms with Gasteiger partial charge in [0.15, 0.2) is 5.84 Å². The third-order valence-corrected chi connectivity index (χ3v) is 5.34. The molecule has 3 heterocycles. The van der Waals surface area contributed by atoms with Gasteiger partial charge in [0.25, 0.3) is 15.9 Å². The summed E-state index contributed by atoms with van der Waals surface area (Å²) >= 11 is 0. The highest BCUT2D eigenvalue weighted by Gasteiger charge is 2.32. The second-order valence-electron chi connectivity index (χ2n) is 5.54.